The zero-order valence-corrected chi connectivity index (χ0v) is 14.2. The highest BCUT2D eigenvalue weighted by Crippen LogP contribution is 2.32. The van der Waals surface area contributed by atoms with E-state index in [1.54, 1.807) is 0 Å². The maximum Gasteiger partial charge on any atom is 0.250 e. The number of fused-ring (bicyclic) bond motifs is 4. The van der Waals surface area contributed by atoms with Gasteiger partial charge in [0, 0.05) is 12.1 Å². The van der Waals surface area contributed by atoms with Gasteiger partial charge in [0.15, 0.2) is 0 Å². The van der Waals surface area contributed by atoms with Crippen LogP contribution in [0.25, 0.3) is 16.7 Å². The minimum absolute atomic E-state index is 0.803. The molecule has 2 heterocycles. The molecule has 0 fully saturated rings. The number of nitriles is 1. The Morgan fingerprint density at radius 2 is 2.04 bits per heavy atom. The zero-order valence-electron chi connectivity index (χ0n) is 14.2. The lowest BCUT2D eigenvalue weighted by atomic mass is 10.1. The summed E-state index contributed by atoms with van der Waals surface area (Å²) in [5.74, 6) is 1.15. The van der Waals surface area contributed by atoms with Gasteiger partial charge in [0.1, 0.15) is 22.7 Å². The second-order valence-corrected chi connectivity index (χ2v) is 6.70. The van der Waals surface area contributed by atoms with Crippen LogP contribution in [0.4, 0.5) is 5.82 Å². The fourth-order valence-electron chi connectivity index (χ4n) is 3.75. The van der Waals surface area contributed by atoms with Crippen LogP contribution in [0.2, 0.25) is 0 Å². The van der Waals surface area contributed by atoms with Gasteiger partial charge in [0.25, 0.3) is 0 Å². The Kier molecular flexibility index (Phi) is 3.62. The number of anilines is 1. The summed E-state index contributed by atoms with van der Waals surface area (Å²) in [6, 6.07) is 10.7. The first-order valence-electron chi connectivity index (χ1n) is 8.49. The van der Waals surface area contributed by atoms with Crippen LogP contribution in [0.5, 0.6) is 0 Å². The van der Waals surface area contributed by atoms with Gasteiger partial charge < -0.3 is 10.2 Å². The lowest BCUT2D eigenvalue weighted by Gasteiger charge is -2.12. The molecule has 0 saturated carbocycles. The SMILES string of the molecule is CN(C)CCNc1c2c(c(C#N)c3[nH]c4ccccc4[n+]13)CCC2. The topological polar surface area (TPSA) is 59.0 Å². The number of rotatable bonds is 4. The number of hydrogen-bond donors (Lipinski definition) is 2. The molecule has 2 N–H and O–H groups in total. The largest absolute Gasteiger partial charge is 0.306 e. The fraction of sp³-hybridized carbons (Fsp3) is 0.368. The molecular formula is C19H22N5+. The zero-order chi connectivity index (χ0) is 16.7. The number of pyridine rings is 1. The minimum Gasteiger partial charge on any atom is -0.306 e. The van der Waals surface area contributed by atoms with Gasteiger partial charge in [-0.15, -0.1) is 0 Å². The van der Waals surface area contributed by atoms with Crippen LogP contribution < -0.4 is 9.72 Å². The van der Waals surface area contributed by atoms with Gasteiger partial charge in [-0.05, 0) is 51.1 Å². The number of aromatic amines is 1. The van der Waals surface area contributed by atoms with Gasteiger partial charge in [-0.2, -0.15) is 9.66 Å². The van der Waals surface area contributed by atoms with E-state index in [0.717, 1.165) is 60.4 Å². The highest BCUT2D eigenvalue weighted by Gasteiger charge is 2.29. The molecule has 0 atom stereocenters. The van der Waals surface area contributed by atoms with Gasteiger partial charge in [-0.1, -0.05) is 12.1 Å². The maximum atomic E-state index is 9.75. The van der Waals surface area contributed by atoms with Crippen LogP contribution in [0, 0.1) is 11.3 Å². The van der Waals surface area contributed by atoms with Gasteiger partial charge >= 0.3 is 0 Å². The Hall–Kier alpha value is -2.58. The molecule has 0 saturated heterocycles. The van der Waals surface area contributed by atoms with Crippen molar-refractivity contribution >= 4 is 22.5 Å². The van der Waals surface area contributed by atoms with E-state index < -0.39 is 0 Å². The fourth-order valence-corrected chi connectivity index (χ4v) is 3.75. The molecule has 0 spiro atoms. The average molecular weight is 320 g/mol. The summed E-state index contributed by atoms with van der Waals surface area (Å²) in [5, 5.41) is 13.4. The van der Waals surface area contributed by atoms with Crippen LogP contribution in [-0.4, -0.2) is 37.1 Å². The molecule has 0 amide bonds. The molecule has 0 bridgehead atoms. The highest BCUT2D eigenvalue weighted by molar-refractivity contribution is 5.78. The Labute approximate surface area is 141 Å². The smallest absolute Gasteiger partial charge is 0.250 e. The lowest BCUT2D eigenvalue weighted by Crippen LogP contribution is -2.31. The number of imidazole rings is 1. The number of nitrogens with zero attached hydrogens (tertiary/aromatic N) is 3. The van der Waals surface area contributed by atoms with E-state index in [2.05, 4.69) is 51.9 Å². The van der Waals surface area contributed by atoms with Crippen molar-refractivity contribution in [1.29, 1.82) is 5.26 Å². The Balaban J connectivity index is 1.99. The molecule has 5 nitrogen and oxygen atoms in total. The van der Waals surface area contributed by atoms with Crippen molar-refractivity contribution in [2.24, 2.45) is 0 Å². The normalized spacial score (nSPS) is 13.6. The minimum atomic E-state index is 0.803. The van der Waals surface area contributed by atoms with Crippen molar-refractivity contribution in [2.45, 2.75) is 19.3 Å². The van der Waals surface area contributed by atoms with Crippen LogP contribution in [0.3, 0.4) is 0 Å². The second-order valence-electron chi connectivity index (χ2n) is 6.70. The molecule has 5 heteroatoms. The van der Waals surface area contributed by atoms with Crippen LogP contribution >= 0.6 is 0 Å². The maximum absolute atomic E-state index is 9.75. The number of benzene rings is 1. The summed E-state index contributed by atoms with van der Waals surface area (Å²) in [6.07, 6.45) is 3.15. The third-order valence-electron chi connectivity index (χ3n) is 4.85. The van der Waals surface area contributed by atoms with Gasteiger partial charge in [0.05, 0.1) is 6.54 Å². The summed E-state index contributed by atoms with van der Waals surface area (Å²) < 4.78 is 2.20. The summed E-state index contributed by atoms with van der Waals surface area (Å²) in [4.78, 5) is 5.63. The van der Waals surface area contributed by atoms with E-state index in [0.29, 0.717) is 0 Å². The van der Waals surface area contributed by atoms with Gasteiger partial charge in [-0.25, -0.2) is 0 Å². The molecule has 24 heavy (non-hydrogen) atoms. The van der Waals surface area contributed by atoms with Crippen LogP contribution in [0.1, 0.15) is 23.1 Å². The third-order valence-corrected chi connectivity index (χ3v) is 4.85. The second kappa shape index (κ2) is 5.81. The first-order valence-corrected chi connectivity index (χ1v) is 8.49. The molecule has 1 aromatic carbocycles. The van der Waals surface area contributed by atoms with E-state index in [4.69, 9.17) is 0 Å². The van der Waals surface area contributed by atoms with Crippen LogP contribution in [0.15, 0.2) is 24.3 Å². The van der Waals surface area contributed by atoms with E-state index in [-0.39, 0.29) is 0 Å². The number of likely N-dealkylation sites (N-methyl/N-ethyl adjacent to an activating group) is 1. The van der Waals surface area contributed by atoms with E-state index in [9.17, 15) is 5.26 Å². The highest BCUT2D eigenvalue weighted by atomic mass is 15.1. The molecule has 2 aromatic heterocycles. The number of nitrogens with one attached hydrogen (secondary N) is 2. The Morgan fingerprint density at radius 3 is 2.83 bits per heavy atom. The van der Waals surface area contributed by atoms with Crippen molar-refractivity contribution < 1.29 is 4.40 Å². The van der Waals surface area contributed by atoms with Crippen molar-refractivity contribution in [2.75, 3.05) is 32.5 Å². The monoisotopic (exact) mass is 320 g/mol. The standard InChI is InChI=1S/C19H21N5/c1-23(2)11-10-21-18-14-7-5-6-13(14)15(12-20)19-22-16-8-3-4-9-17(16)24(18)19/h3-4,8-9H,5-7,10-11H2,1-2H3,(H,21,22)/p+1. The molecule has 1 aliphatic rings. The summed E-state index contributed by atoms with van der Waals surface area (Å²) in [7, 11) is 4.17. The van der Waals surface area contributed by atoms with E-state index >= 15 is 0 Å². The first-order chi connectivity index (χ1) is 11.7. The lowest BCUT2D eigenvalue weighted by molar-refractivity contribution is -0.465. The Morgan fingerprint density at radius 1 is 1.25 bits per heavy atom. The van der Waals surface area contributed by atoms with Gasteiger partial charge in [-0.3, -0.25) is 4.98 Å². The number of para-hydroxylation sites is 2. The van der Waals surface area contributed by atoms with Crippen molar-refractivity contribution in [3.8, 4) is 6.07 Å². The predicted octanol–water partition coefficient (Wildman–Crippen LogP) is 2.24. The molecule has 1 aliphatic carbocycles. The van der Waals surface area contributed by atoms with E-state index in [1.165, 1.54) is 11.1 Å². The van der Waals surface area contributed by atoms with Crippen molar-refractivity contribution in [1.82, 2.24) is 9.88 Å². The molecule has 0 unspecified atom stereocenters. The van der Waals surface area contributed by atoms with Crippen molar-refractivity contribution in [3.05, 3.63) is 41.0 Å². The quantitative estimate of drug-likeness (QED) is 0.725. The molecule has 0 radical (unpaired) electrons. The number of hydrogen-bond acceptors (Lipinski definition) is 3. The molecule has 122 valence electrons. The molecular weight excluding hydrogens is 298 g/mol. The van der Waals surface area contributed by atoms with Crippen molar-refractivity contribution in [3.63, 3.8) is 0 Å². The van der Waals surface area contributed by atoms with Gasteiger partial charge in [0.2, 0.25) is 11.5 Å². The molecule has 0 aliphatic heterocycles. The predicted molar refractivity (Wildman–Crippen MR) is 95.2 cm³/mol. The number of aromatic nitrogens is 2. The summed E-state index contributed by atoms with van der Waals surface area (Å²) in [5.41, 5.74) is 6.42. The summed E-state index contributed by atoms with van der Waals surface area (Å²) >= 11 is 0. The van der Waals surface area contributed by atoms with Crippen LogP contribution in [-0.2, 0) is 12.8 Å². The first kappa shape index (κ1) is 15.0. The Bertz CT molecular complexity index is 961. The molecule has 4 rings (SSSR count). The third kappa shape index (κ3) is 2.22. The molecule has 3 aromatic rings. The number of H-pyrrole nitrogens is 1. The summed E-state index contributed by atoms with van der Waals surface area (Å²) in [6.45, 7) is 1.85. The van der Waals surface area contributed by atoms with E-state index in [1.807, 2.05) is 12.1 Å². The average Bonchev–Trinajstić information content (AvgIpc) is 3.18.